The maximum atomic E-state index is 12.2. The van der Waals surface area contributed by atoms with E-state index in [1.54, 1.807) is 31.2 Å². The molecule has 0 saturated heterocycles. The number of benzene rings is 1. The molecule has 1 fully saturated rings. The quantitative estimate of drug-likeness (QED) is 0.841. The molecule has 1 aromatic carbocycles. The van der Waals surface area contributed by atoms with Crippen molar-refractivity contribution in [2.75, 3.05) is 0 Å². The monoisotopic (exact) mass is 330 g/mol. The lowest BCUT2D eigenvalue weighted by Gasteiger charge is -2.24. The molecule has 2 aliphatic rings. The van der Waals surface area contributed by atoms with Gasteiger partial charge in [0.1, 0.15) is 0 Å². The minimum Gasteiger partial charge on any atom is -0.353 e. The van der Waals surface area contributed by atoms with Crippen molar-refractivity contribution >= 4 is 17.7 Å². The van der Waals surface area contributed by atoms with E-state index in [0.29, 0.717) is 11.1 Å². The number of rotatable bonds is 5. The number of fused-ring (bicyclic) bond motifs is 1. The van der Waals surface area contributed by atoms with Gasteiger partial charge < -0.3 is 5.32 Å². The molecule has 1 atom stereocenters. The Morgan fingerprint density at radius 3 is 2.33 bits per heavy atom. The molecule has 6 nitrogen and oxygen atoms in total. The molecular formula is C18H22N2O4. The van der Waals surface area contributed by atoms with Crippen molar-refractivity contribution in [3.63, 3.8) is 0 Å². The van der Waals surface area contributed by atoms with Crippen molar-refractivity contribution < 1.29 is 19.2 Å². The van der Waals surface area contributed by atoms with Crippen LogP contribution in [0.15, 0.2) is 24.3 Å². The molecule has 1 N–H and O–H groups in total. The van der Waals surface area contributed by atoms with Crippen LogP contribution in [0.2, 0.25) is 0 Å². The number of nitrogens with one attached hydrogen (secondary N) is 1. The molecule has 3 amide bonds. The Kier molecular flexibility index (Phi) is 4.94. The summed E-state index contributed by atoms with van der Waals surface area (Å²) in [7, 11) is 0. The SMILES string of the molecule is C[C@H](CC(=O)NC1CCCCC1)ON1C(=O)c2ccccc2C1=O. The maximum absolute atomic E-state index is 12.2. The fourth-order valence-corrected chi connectivity index (χ4v) is 3.27. The molecule has 0 bridgehead atoms. The standard InChI is InChI=1S/C18H22N2O4/c1-12(11-16(21)19-13-7-3-2-4-8-13)24-20-17(22)14-9-5-6-10-15(14)18(20)23/h5-6,9-10,12-13H,2-4,7-8,11H2,1H3,(H,19,21)/t12-/m1/s1. The molecule has 24 heavy (non-hydrogen) atoms. The van der Waals surface area contributed by atoms with Crippen molar-refractivity contribution in [3.05, 3.63) is 35.4 Å². The van der Waals surface area contributed by atoms with Gasteiger partial charge in [0.15, 0.2) is 0 Å². The van der Waals surface area contributed by atoms with E-state index in [1.165, 1.54) is 6.42 Å². The molecule has 1 aliphatic heterocycles. The lowest BCUT2D eigenvalue weighted by atomic mass is 9.95. The van der Waals surface area contributed by atoms with Gasteiger partial charge in [-0.15, -0.1) is 5.06 Å². The summed E-state index contributed by atoms with van der Waals surface area (Å²) in [6.45, 7) is 1.68. The first-order chi connectivity index (χ1) is 11.6. The predicted molar refractivity (Wildman–Crippen MR) is 87.1 cm³/mol. The van der Waals surface area contributed by atoms with E-state index in [4.69, 9.17) is 4.84 Å². The summed E-state index contributed by atoms with van der Waals surface area (Å²) in [5.74, 6) is -1.06. The number of carbonyl (C=O) groups is 3. The normalized spacial score (nSPS) is 19.3. The van der Waals surface area contributed by atoms with E-state index < -0.39 is 17.9 Å². The van der Waals surface area contributed by atoms with E-state index in [2.05, 4.69) is 5.32 Å². The van der Waals surface area contributed by atoms with Crippen molar-refractivity contribution in [1.82, 2.24) is 10.4 Å². The molecule has 0 spiro atoms. The van der Waals surface area contributed by atoms with E-state index >= 15 is 0 Å². The lowest BCUT2D eigenvalue weighted by molar-refractivity contribution is -0.142. The maximum Gasteiger partial charge on any atom is 0.285 e. The second-order valence-electron chi connectivity index (χ2n) is 6.47. The summed E-state index contributed by atoms with van der Waals surface area (Å²) in [5.41, 5.74) is 0.669. The minimum absolute atomic E-state index is 0.106. The van der Waals surface area contributed by atoms with Crippen LogP contribution in [-0.4, -0.2) is 34.9 Å². The first kappa shape index (κ1) is 16.6. The zero-order chi connectivity index (χ0) is 17.1. The Morgan fingerprint density at radius 1 is 1.17 bits per heavy atom. The molecule has 1 aromatic rings. The van der Waals surface area contributed by atoms with Gasteiger partial charge in [0.2, 0.25) is 5.91 Å². The first-order valence-corrected chi connectivity index (χ1v) is 8.50. The topological polar surface area (TPSA) is 75.7 Å². The van der Waals surface area contributed by atoms with Crippen LogP contribution in [0, 0.1) is 0 Å². The fourth-order valence-electron chi connectivity index (χ4n) is 3.27. The molecule has 0 unspecified atom stereocenters. The number of hydroxylamine groups is 2. The smallest absolute Gasteiger partial charge is 0.285 e. The third-order valence-corrected chi connectivity index (χ3v) is 4.49. The summed E-state index contributed by atoms with van der Waals surface area (Å²) >= 11 is 0. The summed E-state index contributed by atoms with van der Waals surface area (Å²) in [5, 5.41) is 3.77. The highest BCUT2D eigenvalue weighted by Gasteiger charge is 2.37. The van der Waals surface area contributed by atoms with Crippen LogP contribution >= 0.6 is 0 Å². The summed E-state index contributed by atoms with van der Waals surface area (Å²) in [4.78, 5) is 42.0. The van der Waals surface area contributed by atoms with Crippen molar-refractivity contribution in [3.8, 4) is 0 Å². The second-order valence-corrected chi connectivity index (χ2v) is 6.47. The van der Waals surface area contributed by atoms with Crippen molar-refractivity contribution in [2.24, 2.45) is 0 Å². The highest BCUT2D eigenvalue weighted by Crippen LogP contribution is 2.24. The predicted octanol–water partition coefficient (Wildman–Crippen LogP) is 2.44. The number of hydrogen-bond acceptors (Lipinski definition) is 4. The molecule has 1 aliphatic carbocycles. The molecule has 1 saturated carbocycles. The Hall–Kier alpha value is -2.21. The molecule has 128 valence electrons. The zero-order valence-corrected chi connectivity index (χ0v) is 13.8. The molecule has 6 heteroatoms. The molecule has 3 rings (SSSR count). The molecule has 0 aromatic heterocycles. The Balaban J connectivity index is 1.53. The Labute approximate surface area is 141 Å². The molecule has 0 radical (unpaired) electrons. The van der Waals surface area contributed by atoms with E-state index in [1.807, 2.05) is 0 Å². The van der Waals surface area contributed by atoms with Gasteiger partial charge in [0.05, 0.1) is 23.7 Å². The van der Waals surface area contributed by atoms with Gasteiger partial charge in [-0.25, -0.2) is 0 Å². The molecular weight excluding hydrogens is 308 g/mol. The number of nitrogens with zero attached hydrogens (tertiary/aromatic N) is 1. The van der Waals surface area contributed by atoms with Crippen LogP contribution in [-0.2, 0) is 9.63 Å². The first-order valence-electron chi connectivity index (χ1n) is 8.50. The Bertz CT molecular complexity index is 617. The van der Waals surface area contributed by atoms with Gasteiger partial charge in [-0.3, -0.25) is 19.2 Å². The summed E-state index contributed by atoms with van der Waals surface area (Å²) < 4.78 is 0. The van der Waals surface area contributed by atoms with Gasteiger partial charge in [-0.05, 0) is 31.9 Å². The van der Waals surface area contributed by atoms with Crippen molar-refractivity contribution in [2.45, 2.75) is 57.6 Å². The van der Waals surface area contributed by atoms with E-state index in [-0.39, 0.29) is 18.4 Å². The zero-order valence-electron chi connectivity index (χ0n) is 13.8. The van der Waals surface area contributed by atoms with Crippen LogP contribution in [0.25, 0.3) is 0 Å². The molecule has 1 heterocycles. The van der Waals surface area contributed by atoms with Gasteiger partial charge in [-0.1, -0.05) is 31.4 Å². The van der Waals surface area contributed by atoms with Crippen LogP contribution in [0.5, 0.6) is 0 Å². The van der Waals surface area contributed by atoms with Gasteiger partial charge >= 0.3 is 0 Å². The van der Waals surface area contributed by atoms with E-state index in [9.17, 15) is 14.4 Å². The highest BCUT2D eigenvalue weighted by atomic mass is 16.7. The van der Waals surface area contributed by atoms with Crippen LogP contribution in [0.4, 0.5) is 0 Å². The van der Waals surface area contributed by atoms with Gasteiger partial charge in [0.25, 0.3) is 11.8 Å². The van der Waals surface area contributed by atoms with Crippen molar-refractivity contribution in [1.29, 1.82) is 0 Å². The number of amides is 3. The highest BCUT2D eigenvalue weighted by molar-refractivity contribution is 6.20. The number of imide groups is 1. The van der Waals surface area contributed by atoms with E-state index in [0.717, 1.165) is 30.7 Å². The van der Waals surface area contributed by atoms with Crippen LogP contribution in [0.1, 0.15) is 66.2 Å². The average molecular weight is 330 g/mol. The lowest BCUT2D eigenvalue weighted by Crippen LogP contribution is -2.40. The van der Waals surface area contributed by atoms with Crippen LogP contribution < -0.4 is 5.32 Å². The van der Waals surface area contributed by atoms with Gasteiger partial charge in [-0.2, -0.15) is 0 Å². The number of carbonyl (C=O) groups excluding carboxylic acids is 3. The van der Waals surface area contributed by atoms with Crippen LogP contribution in [0.3, 0.4) is 0 Å². The largest absolute Gasteiger partial charge is 0.353 e. The minimum atomic E-state index is -0.559. The average Bonchev–Trinajstić information content (AvgIpc) is 2.81. The second kappa shape index (κ2) is 7.13. The summed E-state index contributed by atoms with van der Waals surface area (Å²) in [6, 6.07) is 6.83. The third kappa shape index (κ3) is 3.48. The van der Waals surface area contributed by atoms with Gasteiger partial charge in [0, 0.05) is 6.04 Å². The third-order valence-electron chi connectivity index (χ3n) is 4.49. The fraction of sp³-hybridized carbons (Fsp3) is 0.500. The summed E-state index contributed by atoms with van der Waals surface area (Å²) in [6.07, 6.45) is 5.10. The number of hydrogen-bond donors (Lipinski definition) is 1. The Morgan fingerprint density at radius 2 is 1.75 bits per heavy atom.